The summed E-state index contributed by atoms with van der Waals surface area (Å²) in [6.07, 6.45) is 1.81. The number of thioether (sulfide) groups is 1. The summed E-state index contributed by atoms with van der Waals surface area (Å²) >= 11 is 2.60. The van der Waals surface area contributed by atoms with Gasteiger partial charge < -0.3 is 11.5 Å². The van der Waals surface area contributed by atoms with E-state index < -0.39 is 5.91 Å². The molecule has 0 saturated carbocycles. The van der Waals surface area contributed by atoms with E-state index in [1.807, 2.05) is 24.5 Å². The van der Waals surface area contributed by atoms with Gasteiger partial charge in [-0.3, -0.25) is 4.79 Å². The lowest BCUT2D eigenvalue weighted by Crippen LogP contribution is -2.13. The van der Waals surface area contributed by atoms with Gasteiger partial charge >= 0.3 is 0 Å². The normalized spacial score (nSPS) is 9.70. The van der Waals surface area contributed by atoms with Gasteiger partial charge in [-0.2, -0.15) is 10.5 Å². The highest BCUT2D eigenvalue weighted by atomic mass is 32.2. The lowest BCUT2D eigenvalue weighted by Gasteiger charge is -2.07. The van der Waals surface area contributed by atoms with Crippen LogP contribution in [0.25, 0.3) is 5.57 Å². The third-order valence-corrected chi connectivity index (χ3v) is 5.45. The van der Waals surface area contributed by atoms with Crippen molar-refractivity contribution >= 4 is 40.3 Å². The van der Waals surface area contributed by atoms with Crippen molar-refractivity contribution in [3.8, 4) is 12.1 Å². The maximum Gasteiger partial charge on any atom is 0.252 e. The van der Waals surface area contributed by atoms with Crippen molar-refractivity contribution < 1.29 is 4.79 Å². The van der Waals surface area contributed by atoms with Crippen molar-refractivity contribution in [3.05, 3.63) is 51.9 Å². The largest absolute Gasteiger partial charge is 0.397 e. The molecule has 5 nitrogen and oxygen atoms in total. The molecule has 0 aliphatic rings. The Hall–Kier alpha value is -2.74. The van der Waals surface area contributed by atoms with Crippen LogP contribution in [0.5, 0.6) is 0 Å². The molecule has 2 aromatic rings. The van der Waals surface area contributed by atoms with Gasteiger partial charge in [-0.05, 0) is 11.8 Å². The number of anilines is 1. The van der Waals surface area contributed by atoms with Crippen LogP contribution in [0.4, 0.5) is 5.69 Å². The number of benzene rings is 1. The SMILES string of the molecule is CSc1sc(C(=C(C#N)C#N)c2ccccc2)c(N)c1C(N)=O. The van der Waals surface area contributed by atoms with E-state index in [4.69, 9.17) is 11.5 Å². The number of hydrogen-bond donors (Lipinski definition) is 2. The topological polar surface area (TPSA) is 117 Å². The minimum absolute atomic E-state index is 0.0622. The van der Waals surface area contributed by atoms with Crippen LogP contribution >= 0.6 is 23.1 Å². The molecule has 0 bridgehead atoms. The molecule has 23 heavy (non-hydrogen) atoms. The minimum atomic E-state index is -0.628. The Bertz CT molecular complexity index is 854. The standard InChI is InChI=1S/C16H12N4OS2/c1-22-16-12(15(20)21)13(19)14(23-16)11(10(7-17)8-18)9-5-3-2-4-6-9/h2-6H,19H2,1H3,(H2,20,21). The monoisotopic (exact) mass is 340 g/mol. The number of nitrogens with two attached hydrogens (primary N) is 2. The highest BCUT2D eigenvalue weighted by Crippen LogP contribution is 2.43. The predicted octanol–water partition coefficient (Wildman–Crippen LogP) is 3.00. The van der Waals surface area contributed by atoms with Crippen molar-refractivity contribution in [1.29, 1.82) is 10.5 Å². The maximum atomic E-state index is 11.7. The van der Waals surface area contributed by atoms with Crippen molar-refractivity contribution in [2.24, 2.45) is 5.73 Å². The first kappa shape index (κ1) is 16.6. The molecule has 1 amide bonds. The number of amides is 1. The van der Waals surface area contributed by atoms with Crippen LogP contribution in [0.3, 0.4) is 0 Å². The fourth-order valence-corrected chi connectivity index (χ4v) is 4.15. The highest BCUT2D eigenvalue weighted by Gasteiger charge is 2.24. The van der Waals surface area contributed by atoms with E-state index in [2.05, 4.69) is 0 Å². The first-order valence-corrected chi connectivity index (χ1v) is 8.45. The zero-order valence-electron chi connectivity index (χ0n) is 12.2. The molecule has 0 spiro atoms. The average Bonchev–Trinajstić information content (AvgIpc) is 2.89. The molecule has 7 heteroatoms. The summed E-state index contributed by atoms with van der Waals surface area (Å²) in [6, 6.07) is 12.8. The van der Waals surface area contributed by atoms with Crippen molar-refractivity contribution in [2.75, 3.05) is 12.0 Å². The van der Waals surface area contributed by atoms with Gasteiger partial charge in [-0.1, -0.05) is 30.3 Å². The van der Waals surface area contributed by atoms with Gasteiger partial charge in [0.2, 0.25) is 0 Å². The Morgan fingerprint density at radius 3 is 2.26 bits per heavy atom. The molecule has 0 unspecified atom stereocenters. The maximum absolute atomic E-state index is 11.7. The molecule has 0 atom stereocenters. The second kappa shape index (κ2) is 7.01. The van der Waals surface area contributed by atoms with Crippen LogP contribution in [-0.2, 0) is 0 Å². The van der Waals surface area contributed by atoms with E-state index in [-0.39, 0.29) is 16.8 Å². The van der Waals surface area contributed by atoms with E-state index in [0.29, 0.717) is 20.2 Å². The number of carbonyl (C=O) groups is 1. The highest BCUT2D eigenvalue weighted by molar-refractivity contribution is 8.00. The predicted molar refractivity (Wildman–Crippen MR) is 92.7 cm³/mol. The van der Waals surface area contributed by atoms with Gasteiger partial charge in [0.15, 0.2) is 0 Å². The van der Waals surface area contributed by atoms with Crippen molar-refractivity contribution in [3.63, 3.8) is 0 Å². The smallest absolute Gasteiger partial charge is 0.252 e. The summed E-state index contributed by atoms with van der Waals surface area (Å²) < 4.78 is 0.661. The van der Waals surface area contributed by atoms with Crippen LogP contribution in [0.15, 0.2) is 40.1 Å². The number of primary amides is 1. The zero-order valence-corrected chi connectivity index (χ0v) is 13.8. The zero-order chi connectivity index (χ0) is 17.0. The third-order valence-electron chi connectivity index (χ3n) is 3.11. The molecule has 0 saturated heterocycles. The van der Waals surface area contributed by atoms with Crippen LogP contribution in [0.1, 0.15) is 20.8 Å². The fraction of sp³-hybridized carbons (Fsp3) is 0.0625. The van der Waals surface area contributed by atoms with E-state index >= 15 is 0 Å². The van der Waals surface area contributed by atoms with E-state index in [1.165, 1.54) is 23.1 Å². The van der Waals surface area contributed by atoms with Crippen LogP contribution < -0.4 is 11.5 Å². The summed E-state index contributed by atoms with van der Waals surface area (Å²) in [4.78, 5) is 12.2. The molecule has 2 rings (SSSR count). The molecule has 0 aliphatic carbocycles. The number of hydrogen-bond acceptors (Lipinski definition) is 6. The second-order valence-electron chi connectivity index (χ2n) is 4.42. The first-order valence-electron chi connectivity index (χ1n) is 6.41. The summed E-state index contributed by atoms with van der Waals surface area (Å²) in [6.45, 7) is 0. The lowest BCUT2D eigenvalue weighted by atomic mass is 9.98. The summed E-state index contributed by atoms with van der Waals surface area (Å²) in [5.41, 5.74) is 13.0. The summed E-state index contributed by atoms with van der Waals surface area (Å²) in [5, 5.41) is 18.6. The number of allylic oxidation sites excluding steroid dienone is 1. The molecule has 4 N–H and O–H groups in total. The summed E-state index contributed by atoms with van der Waals surface area (Å²) in [7, 11) is 0. The molecule has 0 radical (unpaired) electrons. The Balaban J connectivity index is 2.84. The number of thiophene rings is 1. The van der Waals surface area contributed by atoms with Crippen molar-refractivity contribution in [1.82, 2.24) is 0 Å². The average molecular weight is 340 g/mol. The first-order chi connectivity index (χ1) is 11.0. The summed E-state index contributed by atoms with van der Waals surface area (Å²) in [5.74, 6) is -0.628. The Labute approximate surface area is 141 Å². The molecule has 1 aromatic carbocycles. The van der Waals surface area contributed by atoms with Gasteiger partial charge in [0.1, 0.15) is 17.7 Å². The molecule has 114 valence electrons. The fourth-order valence-electron chi connectivity index (χ4n) is 2.12. The Kier molecular flexibility index (Phi) is 5.07. The molecular weight excluding hydrogens is 328 g/mol. The lowest BCUT2D eigenvalue weighted by molar-refractivity contribution is 0.0999. The van der Waals surface area contributed by atoms with E-state index in [9.17, 15) is 15.3 Å². The Morgan fingerprint density at radius 2 is 1.83 bits per heavy atom. The number of carbonyl (C=O) groups excluding carboxylic acids is 1. The van der Waals surface area contributed by atoms with Crippen LogP contribution in [-0.4, -0.2) is 12.2 Å². The number of nitriles is 2. The van der Waals surface area contributed by atoms with Gasteiger partial charge in [-0.25, -0.2) is 0 Å². The minimum Gasteiger partial charge on any atom is -0.397 e. The molecular formula is C16H12N4OS2. The van der Waals surface area contributed by atoms with E-state index in [1.54, 1.807) is 24.3 Å². The number of rotatable bonds is 4. The van der Waals surface area contributed by atoms with Gasteiger partial charge in [0.25, 0.3) is 5.91 Å². The molecule has 0 aliphatic heterocycles. The quantitative estimate of drug-likeness (QED) is 0.655. The second-order valence-corrected chi connectivity index (χ2v) is 6.51. The van der Waals surface area contributed by atoms with E-state index in [0.717, 1.165) is 0 Å². The Morgan fingerprint density at radius 1 is 1.22 bits per heavy atom. The molecule has 0 fully saturated rings. The molecule has 1 aromatic heterocycles. The molecule has 1 heterocycles. The van der Waals surface area contributed by atoms with Crippen LogP contribution in [0.2, 0.25) is 0 Å². The third kappa shape index (κ3) is 3.07. The van der Waals surface area contributed by atoms with Crippen molar-refractivity contribution in [2.45, 2.75) is 4.21 Å². The van der Waals surface area contributed by atoms with Crippen LogP contribution in [0, 0.1) is 22.7 Å². The number of nitrogens with zero attached hydrogens (tertiary/aromatic N) is 2. The van der Waals surface area contributed by atoms with Gasteiger partial charge in [0.05, 0.1) is 20.3 Å². The van der Waals surface area contributed by atoms with Gasteiger partial charge in [-0.15, -0.1) is 23.1 Å². The number of nitrogen functional groups attached to an aromatic ring is 1. The van der Waals surface area contributed by atoms with Gasteiger partial charge in [0, 0.05) is 5.57 Å².